The molecule has 7 nitrogen and oxygen atoms in total. The molecule has 4 rings (SSSR count). The Balaban J connectivity index is 1.74. The van der Waals surface area contributed by atoms with Crippen molar-refractivity contribution < 1.29 is 33.7 Å². The third-order valence-electron chi connectivity index (χ3n) is 6.21. The first kappa shape index (κ1) is 22.0. The van der Waals surface area contributed by atoms with E-state index in [-0.39, 0.29) is 17.3 Å². The van der Waals surface area contributed by atoms with Gasteiger partial charge in [0.25, 0.3) is 0 Å². The molecular formula is C25H29NO6. The molecule has 0 amide bonds. The van der Waals surface area contributed by atoms with Gasteiger partial charge in [-0.1, -0.05) is 11.8 Å². The lowest BCUT2D eigenvalue weighted by molar-refractivity contribution is -0.918. The number of aryl methyl sites for hydroxylation is 1. The number of piperidine rings is 1. The van der Waals surface area contributed by atoms with Crippen LogP contribution in [0.3, 0.4) is 0 Å². The molecule has 1 N–H and O–H groups in total. The number of hydrogen-bond acceptors (Lipinski definition) is 6. The van der Waals surface area contributed by atoms with Gasteiger partial charge in [-0.3, -0.25) is 4.79 Å². The highest BCUT2D eigenvalue weighted by atomic mass is 16.5. The van der Waals surface area contributed by atoms with Crippen LogP contribution in [0.2, 0.25) is 0 Å². The van der Waals surface area contributed by atoms with Gasteiger partial charge in [0.15, 0.2) is 17.3 Å². The predicted octanol–water partition coefficient (Wildman–Crippen LogP) is 2.28. The summed E-state index contributed by atoms with van der Waals surface area (Å²) in [7, 11) is 4.60. The van der Waals surface area contributed by atoms with Gasteiger partial charge >= 0.3 is 0 Å². The summed E-state index contributed by atoms with van der Waals surface area (Å²) in [6.45, 7) is 4.41. The summed E-state index contributed by atoms with van der Waals surface area (Å²) in [5.74, 6) is 1.65. The van der Waals surface area contributed by atoms with Crippen LogP contribution in [0, 0.1) is 6.92 Å². The molecule has 0 unspecified atom stereocenters. The molecule has 7 heteroatoms. The van der Waals surface area contributed by atoms with E-state index in [0.29, 0.717) is 51.8 Å². The summed E-state index contributed by atoms with van der Waals surface area (Å²) in [5, 5.41) is 12.8. The fraction of sp³-hybridized carbons (Fsp3) is 0.400. The number of likely N-dealkylation sites (tertiary alicyclic amines) is 1. The second-order valence-corrected chi connectivity index (χ2v) is 8.23. The molecule has 2 aliphatic rings. The Morgan fingerprint density at radius 3 is 2.44 bits per heavy atom. The maximum atomic E-state index is 13.3. The van der Waals surface area contributed by atoms with Gasteiger partial charge in [0.2, 0.25) is 11.5 Å². The monoisotopic (exact) mass is 439 g/mol. The first-order valence-corrected chi connectivity index (χ1v) is 10.9. The molecule has 1 saturated heterocycles. The number of nitrogens with one attached hydrogen (secondary N) is 1. The lowest BCUT2D eigenvalue weighted by Crippen LogP contribution is -3.11. The second kappa shape index (κ2) is 9.12. The molecule has 32 heavy (non-hydrogen) atoms. The number of Topliss-reactive ketones (excluding diaryl/α,β-unsaturated/α-hetero) is 1. The van der Waals surface area contributed by atoms with E-state index in [9.17, 15) is 9.90 Å². The van der Waals surface area contributed by atoms with Gasteiger partial charge in [-0.2, -0.15) is 0 Å². The van der Waals surface area contributed by atoms with Gasteiger partial charge in [-0.15, -0.1) is 0 Å². The van der Waals surface area contributed by atoms with Crippen LogP contribution >= 0.6 is 0 Å². The zero-order valence-corrected chi connectivity index (χ0v) is 19.0. The Morgan fingerprint density at radius 2 is 1.78 bits per heavy atom. The zero-order chi connectivity index (χ0) is 22.8. The summed E-state index contributed by atoms with van der Waals surface area (Å²) < 4.78 is 22.4. The highest BCUT2D eigenvalue weighted by molar-refractivity contribution is 6.16. The minimum atomic E-state index is -0.232. The minimum Gasteiger partial charge on any atom is -0.872 e. The minimum absolute atomic E-state index is 0.0722. The average Bonchev–Trinajstić information content (AvgIpc) is 3.13. The molecule has 0 saturated carbocycles. The molecule has 2 heterocycles. The number of hydrogen-bond donors (Lipinski definition) is 1. The molecule has 0 radical (unpaired) electrons. The maximum absolute atomic E-state index is 13.3. The molecule has 0 aliphatic carbocycles. The summed E-state index contributed by atoms with van der Waals surface area (Å²) in [4.78, 5) is 14.6. The van der Waals surface area contributed by atoms with Crippen molar-refractivity contribution in [3.05, 3.63) is 46.2 Å². The number of quaternary nitrogens is 1. The van der Waals surface area contributed by atoms with Crippen LogP contribution in [0.1, 0.15) is 46.3 Å². The predicted molar refractivity (Wildman–Crippen MR) is 118 cm³/mol. The number of carbonyl (C=O) groups excluding carboxylic acids is 1. The fourth-order valence-corrected chi connectivity index (χ4v) is 4.59. The van der Waals surface area contributed by atoms with Crippen molar-refractivity contribution in [1.82, 2.24) is 0 Å². The molecule has 2 aliphatic heterocycles. The second-order valence-electron chi connectivity index (χ2n) is 8.23. The average molecular weight is 440 g/mol. The van der Waals surface area contributed by atoms with Crippen molar-refractivity contribution in [2.45, 2.75) is 32.7 Å². The number of methoxy groups -OCH3 is 3. The third-order valence-corrected chi connectivity index (χ3v) is 6.21. The van der Waals surface area contributed by atoms with Crippen LogP contribution in [-0.2, 0) is 6.54 Å². The van der Waals surface area contributed by atoms with Gasteiger partial charge in [0.05, 0.1) is 40.0 Å². The van der Waals surface area contributed by atoms with Crippen molar-refractivity contribution in [3.8, 4) is 28.7 Å². The van der Waals surface area contributed by atoms with Crippen LogP contribution in [0.25, 0.3) is 6.08 Å². The third kappa shape index (κ3) is 3.88. The number of allylic oxidation sites excluding steroid dienone is 1. The quantitative estimate of drug-likeness (QED) is 0.696. The molecule has 2 aromatic carbocycles. The van der Waals surface area contributed by atoms with E-state index in [1.165, 1.54) is 25.5 Å². The number of rotatable bonds is 6. The van der Waals surface area contributed by atoms with E-state index in [1.807, 2.05) is 0 Å². The highest BCUT2D eigenvalue weighted by Gasteiger charge is 2.33. The summed E-state index contributed by atoms with van der Waals surface area (Å²) in [6, 6.07) is 5.07. The topological polar surface area (TPSA) is 81.5 Å². The van der Waals surface area contributed by atoms with Gasteiger partial charge in [0.1, 0.15) is 12.3 Å². The number of fused-ring (bicyclic) bond motifs is 1. The van der Waals surface area contributed by atoms with Crippen molar-refractivity contribution in [3.63, 3.8) is 0 Å². The molecule has 170 valence electrons. The van der Waals surface area contributed by atoms with Crippen LogP contribution in [0.15, 0.2) is 24.0 Å². The molecule has 0 aromatic heterocycles. The van der Waals surface area contributed by atoms with E-state index in [1.54, 1.807) is 38.3 Å². The van der Waals surface area contributed by atoms with Crippen molar-refractivity contribution in [2.75, 3.05) is 34.4 Å². The van der Waals surface area contributed by atoms with Crippen LogP contribution in [-0.4, -0.2) is 40.2 Å². The smallest absolute Gasteiger partial charge is 0.232 e. The van der Waals surface area contributed by atoms with E-state index >= 15 is 0 Å². The van der Waals surface area contributed by atoms with Crippen molar-refractivity contribution in [1.29, 1.82) is 0 Å². The molecular weight excluding hydrogens is 410 g/mol. The number of benzene rings is 2. The highest BCUT2D eigenvalue weighted by Crippen LogP contribution is 2.43. The Hall–Kier alpha value is -3.19. The molecule has 0 bridgehead atoms. The lowest BCUT2D eigenvalue weighted by Gasteiger charge is -2.26. The summed E-state index contributed by atoms with van der Waals surface area (Å²) in [6.07, 6.45) is 5.17. The van der Waals surface area contributed by atoms with E-state index in [0.717, 1.165) is 25.9 Å². The lowest BCUT2D eigenvalue weighted by atomic mass is 9.98. The number of ketones is 1. The van der Waals surface area contributed by atoms with E-state index in [4.69, 9.17) is 18.9 Å². The Bertz CT molecular complexity index is 1070. The largest absolute Gasteiger partial charge is 0.872 e. The summed E-state index contributed by atoms with van der Waals surface area (Å²) in [5.41, 5.74) is 2.31. The van der Waals surface area contributed by atoms with Gasteiger partial charge in [-0.05, 0) is 50.0 Å². The Kier molecular flexibility index (Phi) is 6.28. The standard InChI is InChI=1S/C25H29NO6/c1-15-12-18(27)17(14-26-10-6-5-7-11-26)24-21(15)22(28)20(32-24)13-16-8-9-19(29-2)25(31-4)23(16)30-3/h8-9,12-13,27H,5-7,10-11,14H2,1-4H3. The van der Waals surface area contributed by atoms with Crippen molar-refractivity contribution in [2.24, 2.45) is 0 Å². The fourth-order valence-electron chi connectivity index (χ4n) is 4.59. The zero-order valence-electron chi connectivity index (χ0n) is 19.0. The number of carbonyl (C=O) groups is 1. The first-order valence-electron chi connectivity index (χ1n) is 10.9. The number of ether oxygens (including phenoxy) is 4. The molecule has 0 spiro atoms. The first-order chi connectivity index (χ1) is 15.5. The van der Waals surface area contributed by atoms with Gasteiger partial charge < -0.3 is 29.0 Å². The van der Waals surface area contributed by atoms with Gasteiger partial charge in [0, 0.05) is 11.1 Å². The molecule has 2 aromatic rings. The Morgan fingerprint density at radius 1 is 1.06 bits per heavy atom. The van der Waals surface area contributed by atoms with Crippen molar-refractivity contribution >= 4 is 11.9 Å². The molecule has 1 fully saturated rings. The van der Waals surface area contributed by atoms with Crippen LogP contribution in [0.5, 0.6) is 28.7 Å². The molecule has 0 atom stereocenters. The SMILES string of the molecule is COc1ccc(C=C2Oc3c(C[NH+]4CCCCC4)c([O-])cc(C)c3C2=O)c(OC)c1OC. The van der Waals surface area contributed by atoms with Gasteiger partial charge in [-0.25, -0.2) is 0 Å². The Labute approximate surface area is 188 Å². The van der Waals surface area contributed by atoms with Crippen LogP contribution in [0.4, 0.5) is 0 Å². The van der Waals surface area contributed by atoms with E-state index in [2.05, 4.69) is 0 Å². The normalized spacial score (nSPS) is 17.2. The maximum Gasteiger partial charge on any atom is 0.232 e. The summed E-state index contributed by atoms with van der Waals surface area (Å²) >= 11 is 0. The van der Waals surface area contributed by atoms with Crippen LogP contribution < -0.4 is 29.0 Å². The van der Waals surface area contributed by atoms with E-state index < -0.39 is 0 Å².